The van der Waals surface area contributed by atoms with Crippen LogP contribution in [0.5, 0.6) is 0 Å². The number of nitrogens with zero attached hydrogens (tertiary/aromatic N) is 1. The van der Waals surface area contributed by atoms with Gasteiger partial charge < -0.3 is 15.7 Å². The number of carboxylic acid groups (broad SMARTS) is 1. The van der Waals surface area contributed by atoms with Crippen LogP contribution in [0.25, 0.3) is 31.4 Å². The van der Waals surface area contributed by atoms with Crippen LogP contribution in [-0.2, 0) is 4.79 Å². The molecular weight excluding hydrogens is 364 g/mol. The fourth-order valence-corrected chi connectivity index (χ4v) is 3.98. The SMILES string of the molecule is O=C(O)CCNC(=O)Nc1cc(-c2cc3ccccc3s2)c2[nH]ncc2c1. The van der Waals surface area contributed by atoms with Crippen molar-refractivity contribution in [1.29, 1.82) is 0 Å². The van der Waals surface area contributed by atoms with Crippen LogP contribution < -0.4 is 10.6 Å². The van der Waals surface area contributed by atoms with Crippen LogP contribution in [0, 0.1) is 0 Å². The largest absolute Gasteiger partial charge is 0.481 e. The number of H-pyrrole nitrogens is 1. The standard InChI is InChI=1S/C19H16N4O3S/c24-17(25)5-6-20-19(26)22-13-7-12-10-21-23-18(12)14(9-13)16-8-11-3-1-2-4-15(11)27-16/h1-4,7-10H,5-6H2,(H,21,23)(H,24,25)(H2,20,22,26). The fourth-order valence-electron chi connectivity index (χ4n) is 2.90. The molecule has 27 heavy (non-hydrogen) atoms. The molecule has 0 radical (unpaired) electrons. The van der Waals surface area contributed by atoms with Crippen molar-refractivity contribution in [3.05, 3.63) is 48.7 Å². The second kappa shape index (κ2) is 7.08. The molecule has 0 saturated carbocycles. The maximum Gasteiger partial charge on any atom is 0.319 e. The number of carboxylic acids is 1. The molecule has 0 fully saturated rings. The zero-order chi connectivity index (χ0) is 18.8. The Kier molecular flexibility index (Phi) is 4.47. The van der Waals surface area contributed by atoms with E-state index in [1.54, 1.807) is 17.5 Å². The quantitative estimate of drug-likeness (QED) is 0.419. The number of amides is 2. The first kappa shape index (κ1) is 17.0. The monoisotopic (exact) mass is 380 g/mol. The number of hydrogen-bond donors (Lipinski definition) is 4. The summed E-state index contributed by atoms with van der Waals surface area (Å²) in [6.07, 6.45) is 1.58. The van der Waals surface area contributed by atoms with E-state index in [1.807, 2.05) is 24.3 Å². The number of aromatic amines is 1. The molecule has 0 aliphatic rings. The predicted molar refractivity (Wildman–Crippen MR) is 106 cm³/mol. The zero-order valence-corrected chi connectivity index (χ0v) is 15.0. The number of aromatic nitrogens is 2. The minimum Gasteiger partial charge on any atom is -0.481 e. The minimum atomic E-state index is -0.956. The molecule has 4 aromatic rings. The number of aliphatic carboxylic acids is 1. The summed E-state index contributed by atoms with van der Waals surface area (Å²) in [4.78, 5) is 23.6. The second-order valence-electron chi connectivity index (χ2n) is 6.03. The Bertz CT molecular complexity index is 1120. The van der Waals surface area contributed by atoms with Crippen molar-refractivity contribution in [3.8, 4) is 10.4 Å². The number of rotatable bonds is 5. The molecule has 0 unspecified atom stereocenters. The minimum absolute atomic E-state index is 0.0678. The predicted octanol–water partition coefficient (Wildman–Crippen LogP) is 4.04. The number of hydrogen-bond acceptors (Lipinski definition) is 4. The van der Waals surface area contributed by atoms with Gasteiger partial charge >= 0.3 is 12.0 Å². The number of carbonyl (C=O) groups is 2. The van der Waals surface area contributed by atoms with Gasteiger partial charge in [-0.1, -0.05) is 18.2 Å². The summed E-state index contributed by atoms with van der Waals surface area (Å²) in [6, 6.07) is 13.5. The van der Waals surface area contributed by atoms with E-state index >= 15 is 0 Å². The van der Waals surface area contributed by atoms with Crippen LogP contribution in [-0.4, -0.2) is 33.8 Å². The number of thiophene rings is 1. The van der Waals surface area contributed by atoms with Crippen molar-refractivity contribution in [2.24, 2.45) is 0 Å². The van der Waals surface area contributed by atoms with E-state index in [4.69, 9.17) is 5.11 Å². The number of benzene rings is 2. The Morgan fingerprint density at radius 2 is 2.00 bits per heavy atom. The maximum absolute atomic E-state index is 12.0. The summed E-state index contributed by atoms with van der Waals surface area (Å²) in [7, 11) is 0. The topological polar surface area (TPSA) is 107 Å². The van der Waals surface area contributed by atoms with Crippen LogP contribution in [0.3, 0.4) is 0 Å². The molecule has 0 saturated heterocycles. The average molecular weight is 380 g/mol. The molecule has 8 heteroatoms. The summed E-state index contributed by atoms with van der Waals surface area (Å²) in [5.74, 6) is -0.956. The van der Waals surface area contributed by atoms with E-state index in [0.29, 0.717) is 5.69 Å². The van der Waals surface area contributed by atoms with E-state index in [2.05, 4.69) is 39.0 Å². The molecular formula is C19H16N4O3S. The molecule has 7 nitrogen and oxygen atoms in total. The average Bonchev–Trinajstić information content (AvgIpc) is 3.27. The van der Waals surface area contributed by atoms with E-state index in [9.17, 15) is 9.59 Å². The Hall–Kier alpha value is -3.39. The van der Waals surface area contributed by atoms with Crippen molar-refractivity contribution >= 4 is 50.0 Å². The fraction of sp³-hybridized carbons (Fsp3) is 0.105. The van der Waals surface area contributed by atoms with Gasteiger partial charge in [-0.25, -0.2) is 4.79 Å². The number of nitrogens with one attached hydrogen (secondary N) is 3. The van der Waals surface area contributed by atoms with Crippen LogP contribution in [0.2, 0.25) is 0 Å². The third-order valence-corrected chi connectivity index (χ3v) is 5.27. The summed E-state index contributed by atoms with van der Waals surface area (Å²) >= 11 is 1.67. The molecule has 0 bridgehead atoms. The van der Waals surface area contributed by atoms with Crippen LogP contribution in [0.4, 0.5) is 10.5 Å². The van der Waals surface area contributed by atoms with Crippen LogP contribution >= 0.6 is 11.3 Å². The highest BCUT2D eigenvalue weighted by Gasteiger charge is 2.13. The lowest BCUT2D eigenvalue weighted by Gasteiger charge is -2.09. The number of fused-ring (bicyclic) bond motifs is 2. The van der Waals surface area contributed by atoms with Gasteiger partial charge in [-0.3, -0.25) is 9.89 Å². The summed E-state index contributed by atoms with van der Waals surface area (Å²) < 4.78 is 1.19. The van der Waals surface area contributed by atoms with Gasteiger partial charge in [0.05, 0.1) is 18.1 Å². The zero-order valence-electron chi connectivity index (χ0n) is 14.2. The molecule has 0 spiro atoms. The van der Waals surface area contributed by atoms with Crippen molar-refractivity contribution in [3.63, 3.8) is 0 Å². The highest BCUT2D eigenvalue weighted by atomic mass is 32.1. The Balaban J connectivity index is 1.65. The summed E-state index contributed by atoms with van der Waals surface area (Å²) in [5, 5.41) is 23.1. The van der Waals surface area contributed by atoms with Crippen molar-refractivity contribution in [1.82, 2.24) is 15.5 Å². The molecule has 0 atom stereocenters. The lowest BCUT2D eigenvalue weighted by Crippen LogP contribution is -2.30. The smallest absolute Gasteiger partial charge is 0.319 e. The molecule has 2 aromatic carbocycles. The van der Waals surface area contributed by atoms with Gasteiger partial charge in [-0.15, -0.1) is 11.3 Å². The molecule has 2 aromatic heterocycles. The summed E-state index contributed by atoms with van der Waals surface area (Å²) in [5.41, 5.74) is 2.47. The third-order valence-electron chi connectivity index (χ3n) is 4.12. The van der Waals surface area contributed by atoms with Gasteiger partial charge in [0, 0.05) is 32.8 Å². The van der Waals surface area contributed by atoms with Gasteiger partial charge in [-0.05, 0) is 29.7 Å². The van der Waals surface area contributed by atoms with Crippen molar-refractivity contribution in [2.45, 2.75) is 6.42 Å². The molecule has 0 aliphatic carbocycles. The maximum atomic E-state index is 12.0. The van der Waals surface area contributed by atoms with Gasteiger partial charge in [0.25, 0.3) is 0 Å². The molecule has 4 rings (SSSR count). The molecule has 136 valence electrons. The van der Waals surface area contributed by atoms with E-state index in [-0.39, 0.29) is 13.0 Å². The summed E-state index contributed by atoms with van der Waals surface area (Å²) in [6.45, 7) is 0.0678. The van der Waals surface area contributed by atoms with E-state index < -0.39 is 12.0 Å². The first-order valence-corrected chi connectivity index (χ1v) is 9.14. The molecule has 4 N–H and O–H groups in total. The van der Waals surface area contributed by atoms with Crippen molar-refractivity contribution < 1.29 is 14.7 Å². The number of urea groups is 1. The number of anilines is 1. The third kappa shape index (κ3) is 3.61. The van der Waals surface area contributed by atoms with Crippen LogP contribution in [0.15, 0.2) is 48.7 Å². The van der Waals surface area contributed by atoms with Gasteiger partial charge in [0.1, 0.15) is 0 Å². The Labute approximate surface area is 158 Å². The lowest BCUT2D eigenvalue weighted by molar-refractivity contribution is -0.136. The van der Waals surface area contributed by atoms with Crippen molar-refractivity contribution in [2.75, 3.05) is 11.9 Å². The van der Waals surface area contributed by atoms with E-state index in [1.165, 1.54) is 4.70 Å². The second-order valence-corrected chi connectivity index (χ2v) is 7.11. The van der Waals surface area contributed by atoms with Gasteiger partial charge in [0.2, 0.25) is 0 Å². The lowest BCUT2D eigenvalue weighted by atomic mass is 10.1. The molecule has 0 aliphatic heterocycles. The Morgan fingerprint density at radius 3 is 2.81 bits per heavy atom. The normalized spacial score (nSPS) is 11.0. The Morgan fingerprint density at radius 1 is 1.15 bits per heavy atom. The van der Waals surface area contributed by atoms with Gasteiger partial charge in [-0.2, -0.15) is 5.10 Å². The highest BCUT2D eigenvalue weighted by molar-refractivity contribution is 7.22. The van der Waals surface area contributed by atoms with Gasteiger partial charge in [0.15, 0.2) is 0 Å². The van der Waals surface area contributed by atoms with Crippen LogP contribution in [0.1, 0.15) is 6.42 Å². The first-order valence-electron chi connectivity index (χ1n) is 8.33. The first-order chi connectivity index (χ1) is 13.1. The molecule has 2 heterocycles. The number of carbonyl (C=O) groups excluding carboxylic acids is 1. The highest BCUT2D eigenvalue weighted by Crippen LogP contribution is 2.38. The van der Waals surface area contributed by atoms with E-state index in [0.717, 1.165) is 26.7 Å². The molecule has 2 amide bonds.